The van der Waals surface area contributed by atoms with Crippen LogP contribution >= 0.6 is 0 Å². The van der Waals surface area contributed by atoms with E-state index in [1.54, 1.807) is 0 Å². The number of nitriles is 1. The van der Waals surface area contributed by atoms with Gasteiger partial charge in [-0.15, -0.1) is 0 Å². The third-order valence-electron chi connectivity index (χ3n) is 3.23. The van der Waals surface area contributed by atoms with E-state index in [0.29, 0.717) is 6.54 Å². The quantitative estimate of drug-likeness (QED) is 0.710. The molecule has 1 rings (SSSR count). The Labute approximate surface area is 103 Å². The monoisotopic (exact) mass is 238 g/mol. The first-order chi connectivity index (χ1) is 7.96. The fraction of sp³-hybridized carbons (Fsp3) is 0.833. The highest BCUT2D eigenvalue weighted by Crippen LogP contribution is 2.21. The third-order valence-corrected chi connectivity index (χ3v) is 3.23. The second-order valence-corrected chi connectivity index (χ2v) is 5.26. The number of hydrogen-bond donors (Lipinski definition) is 2. The standard InChI is InChI=1S/C12H22N4O/c1-12(2,9-13)4-3-6-16-7-5-15-8-10(16)11(14)17/h10,15H,3-8H2,1-2H3,(H2,14,17). The highest BCUT2D eigenvalue weighted by Gasteiger charge is 2.26. The molecule has 1 fully saturated rings. The fourth-order valence-corrected chi connectivity index (χ4v) is 2.07. The van der Waals surface area contributed by atoms with Gasteiger partial charge in [-0.05, 0) is 33.2 Å². The lowest BCUT2D eigenvalue weighted by Crippen LogP contribution is -2.57. The Bertz CT molecular complexity index is 308. The van der Waals surface area contributed by atoms with Crippen LogP contribution in [0.15, 0.2) is 0 Å². The van der Waals surface area contributed by atoms with E-state index < -0.39 is 0 Å². The van der Waals surface area contributed by atoms with E-state index in [1.807, 2.05) is 13.8 Å². The van der Waals surface area contributed by atoms with Gasteiger partial charge in [0, 0.05) is 19.6 Å². The molecule has 0 aromatic rings. The number of amides is 1. The lowest BCUT2D eigenvalue weighted by Gasteiger charge is -2.34. The van der Waals surface area contributed by atoms with Crippen LogP contribution in [-0.2, 0) is 4.79 Å². The van der Waals surface area contributed by atoms with Gasteiger partial charge in [0.25, 0.3) is 0 Å². The number of nitrogens with zero attached hydrogens (tertiary/aromatic N) is 2. The van der Waals surface area contributed by atoms with Crippen molar-refractivity contribution in [2.24, 2.45) is 11.1 Å². The molecule has 0 saturated carbocycles. The maximum atomic E-state index is 11.3. The molecule has 3 N–H and O–H groups in total. The maximum absolute atomic E-state index is 11.3. The molecule has 0 aromatic carbocycles. The Morgan fingerprint density at radius 2 is 2.35 bits per heavy atom. The molecule has 1 aliphatic heterocycles. The molecule has 1 saturated heterocycles. The smallest absolute Gasteiger partial charge is 0.236 e. The highest BCUT2D eigenvalue weighted by molar-refractivity contribution is 5.80. The van der Waals surface area contributed by atoms with E-state index in [9.17, 15) is 4.79 Å². The van der Waals surface area contributed by atoms with Gasteiger partial charge in [-0.2, -0.15) is 5.26 Å². The minimum absolute atomic E-state index is 0.200. The summed E-state index contributed by atoms with van der Waals surface area (Å²) in [4.78, 5) is 13.4. The van der Waals surface area contributed by atoms with Gasteiger partial charge < -0.3 is 11.1 Å². The van der Waals surface area contributed by atoms with Gasteiger partial charge in [-0.1, -0.05) is 0 Å². The molecule has 5 nitrogen and oxygen atoms in total. The van der Waals surface area contributed by atoms with E-state index >= 15 is 0 Å². The predicted octanol–water partition coefficient (Wildman–Crippen LogP) is 0.0755. The van der Waals surface area contributed by atoms with Crippen molar-refractivity contribution in [1.82, 2.24) is 10.2 Å². The van der Waals surface area contributed by atoms with Crippen molar-refractivity contribution in [2.75, 3.05) is 26.2 Å². The normalized spacial score (nSPS) is 22.1. The second-order valence-electron chi connectivity index (χ2n) is 5.26. The zero-order valence-electron chi connectivity index (χ0n) is 10.7. The molecule has 0 aliphatic carbocycles. The summed E-state index contributed by atoms with van der Waals surface area (Å²) in [5.74, 6) is -0.267. The molecular formula is C12H22N4O. The van der Waals surface area contributed by atoms with E-state index in [0.717, 1.165) is 32.5 Å². The maximum Gasteiger partial charge on any atom is 0.236 e. The number of carbonyl (C=O) groups is 1. The largest absolute Gasteiger partial charge is 0.368 e. The molecule has 1 amide bonds. The molecule has 0 spiro atoms. The van der Waals surface area contributed by atoms with Crippen LogP contribution in [0.25, 0.3) is 0 Å². The summed E-state index contributed by atoms with van der Waals surface area (Å²) in [6.07, 6.45) is 1.77. The van der Waals surface area contributed by atoms with Crippen LogP contribution in [0, 0.1) is 16.7 Å². The average Bonchev–Trinajstić information content (AvgIpc) is 2.29. The Hall–Kier alpha value is -1.12. The summed E-state index contributed by atoms with van der Waals surface area (Å²) in [6, 6.07) is 2.09. The lowest BCUT2D eigenvalue weighted by molar-refractivity contribution is -0.123. The van der Waals surface area contributed by atoms with Gasteiger partial charge in [-0.3, -0.25) is 9.69 Å². The minimum Gasteiger partial charge on any atom is -0.368 e. The molecule has 1 unspecified atom stereocenters. The van der Waals surface area contributed by atoms with Gasteiger partial charge >= 0.3 is 0 Å². The van der Waals surface area contributed by atoms with Gasteiger partial charge in [0.05, 0.1) is 11.5 Å². The number of rotatable bonds is 5. The molecule has 17 heavy (non-hydrogen) atoms. The Balaban J connectivity index is 2.39. The molecule has 0 radical (unpaired) electrons. The van der Waals surface area contributed by atoms with Crippen LogP contribution in [0.1, 0.15) is 26.7 Å². The molecule has 1 aliphatic rings. The highest BCUT2D eigenvalue weighted by atomic mass is 16.1. The number of hydrogen-bond acceptors (Lipinski definition) is 4. The van der Waals surface area contributed by atoms with Crippen molar-refractivity contribution in [2.45, 2.75) is 32.7 Å². The molecule has 96 valence electrons. The first-order valence-electron chi connectivity index (χ1n) is 6.11. The summed E-state index contributed by atoms with van der Waals surface area (Å²) in [5, 5.41) is 12.1. The Morgan fingerprint density at radius 3 is 2.94 bits per heavy atom. The number of nitrogens with two attached hydrogens (primary N) is 1. The second kappa shape index (κ2) is 5.99. The number of primary amides is 1. The van der Waals surface area contributed by atoms with E-state index in [-0.39, 0.29) is 17.4 Å². The van der Waals surface area contributed by atoms with Gasteiger partial charge in [0.1, 0.15) is 6.04 Å². The summed E-state index contributed by atoms with van der Waals surface area (Å²) in [5.41, 5.74) is 5.09. The molecule has 1 atom stereocenters. The van der Waals surface area contributed by atoms with Crippen molar-refractivity contribution in [3.05, 3.63) is 0 Å². The number of carbonyl (C=O) groups excluding carboxylic acids is 1. The first kappa shape index (κ1) is 13.9. The van der Waals surface area contributed by atoms with Crippen LogP contribution in [0.2, 0.25) is 0 Å². The summed E-state index contributed by atoms with van der Waals surface area (Å²) in [7, 11) is 0. The Kier molecular flexibility index (Phi) is 4.91. The van der Waals surface area contributed by atoms with E-state index in [1.165, 1.54) is 0 Å². The van der Waals surface area contributed by atoms with E-state index in [2.05, 4.69) is 16.3 Å². The van der Waals surface area contributed by atoms with Crippen molar-refractivity contribution in [1.29, 1.82) is 5.26 Å². The fourth-order valence-electron chi connectivity index (χ4n) is 2.07. The topological polar surface area (TPSA) is 82.2 Å². The summed E-state index contributed by atoms with van der Waals surface area (Å²) < 4.78 is 0. The lowest BCUT2D eigenvalue weighted by atomic mass is 9.89. The molecule has 0 bridgehead atoms. The van der Waals surface area contributed by atoms with Crippen LogP contribution < -0.4 is 11.1 Å². The van der Waals surface area contributed by atoms with Crippen LogP contribution in [0.3, 0.4) is 0 Å². The molecular weight excluding hydrogens is 216 g/mol. The van der Waals surface area contributed by atoms with Crippen molar-refractivity contribution >= 4 is 5.91 Å². The molecule has 0 aromatic heterocycles. The van der Waals surface area contributed by atoms with Crippen molar-refractivity contribution < 1.29 is 4.79 Å². The van der Waals surface area contributed by atoms with Gasteiger partial charge in [0.15, 0.2) is 0 Å². The number of piperazine rings is 1. The summed E-state index contributed by atoms with van der Waals surface area (Å²) in [6.45, 7) is 7.09. The van der Waals surface area contributed by atoms with Crippen LogP contribution in [0.5, 0.6) is 0 Å². The van der Waals surface area contributed by atoms with Crippen molar-refractivity contribution in [3.8, 4) is 6.07 Å². The van der Waals surface area contributed by atoms with Crippen LogP contribution in [-0.4, -0.2) is 43.0 Å². The predicted molar refractivity (Wildman–Crippen MR) is 66.1 cm³/mol. The van der Waals surface area contributed by atoms with Gasteiger partial charge in [-0.25, -0.2) is 0 Å². The van der Waals surface area contributed by atoms with Crippen molar-refractivity contribution in [3.63, 3.8) is 0 Å². The SMILES string of the molecule is CC(C)(C#N)CCCN1CCNCC1C(N)=O. The zero-order valence-corrected chi connectivity index (χ0v) is 10.7. The van der Waals surface area contributed by atoms with Gasteiger partial charge in [0.2, 0.25) is 5.91 Å². The molecule has 1 heterocycles. The zero-order chi connectivity index (χ0) is 12.9. The third kappa shape index (κ3) is 4.33. The number of nitrogens with one attached hydrogen (secondary N) is 1. The minimum atomic E-state index is -0.281. The summed E-state index contributed by atoms with van der Waals surface area (Å²) >= 11 is 0. The Morgan fingerprint density at radius 1 is 1.65 bits per heavy atom. The first-order valence-corrected chi connectivity index (χ1v) is 6.11. The van der Waals surface area contributed by atoms with E-state index in [4.69, 9.17) is 11.0 Å². The molecule has 5 heteroatoms. The van der Waals surface area contributed by atoms with Crippen LogP contribution in [0.4, 0.5) is 0 Å². The average molecular weight is 238 g/mol.